The van der Waals surface area contributed by atoms with Gasteiger partial charge in [-0.25, -0.2) is 0 Å². The first-order valence-corrected chi connectivity index (χ1v) is 4.45. The van der Waals surface area contributed by atoms with Gasteiger partial charge in [0, 0.05) is 19.3 Å². The van der Waals surface area contributed by atoms with Crippen LogP contribution in [0.3, 0.4) is 0 Å². The number of carbonyl (C=O) groups is 1. The van der Waals surface area contributed by atoms with Crippen LogP contribution in [-0.4, -0.2) is 42.9 Å². The fourth-order valence-corrected chi connectivity index (χ4v) is 1.05. The van der Waals surface area contributed by atoms with Crippen molar-refractivity contribution in [2.45, 2.75) is 0 Å². The van der Waals surface area contributed by atoms with Crippen LogP contribution in [0.15, 0.2) is 12.3 Å². The molecule has 12 heavy (non-hydrogen) atoms. The summed E-state index contributed by atoms with van der Waals surface area (Å²) in [6.45, 7) is 3.18. The predicted octanol–water partition coefficient (Wildman–Crippen LogP) is 0.640. The van der Waals surface area contributed by atoms with Crippen molar-refractivity contribution in [1.82, 2.24) is 4.90 Å². The summed E-state index contributed by atoms with van der Waals surface area (Å²) in [6.07, 6.45) is 3.30. The van der Waals surface area contributed by atoms with Crippen LogP contribution in [0.5, 0.6) is 0 Å². The molecule has 1 heterocycles. The van der Waals surface area contributed by atoms with Gasteiger partial charge in [0.05, 0.1) is 19.1 Å². The fraction of sp³-hybridized carbons (Fsp3) is 0.625. The van der Waals surface area contributed by atoms with E-state index in [-0.39, 0.29) is 11.7 Å². The number of ketones is 1. The Morgan fingerprint density at radius 1 is 1.50 bits per heavy atom. The van der Waals surface area contributed by atoms with Crippen LogP contribution < -0.4 is 0 Å². The monoisotopic (exact) mass is 189 g/mol. The van der Waals surface area contributed by atoms with Gasteiger partial charge in [0.1, 0.15) is 0 Å². The van der Waals surface area contributed by atoms with Crippen molar-refractivity contribution in [2.24, 2.45) is 0 Å². The Kier molecular flexibility index (Phi) is 4.11. The van der Waals surface area contributed by atoms with Crippen LogP contribution in [0.1, 0.15) is 0 Å². The quantitative estimate of drug-likeness (QED) is 0.482. The standard InChI is InChI=1S/C8H12ClNO2/c9-7-8(11)1-2-10-3-5-12-6-4-10/h1-2H,3-7H2/b2-1+. The minimum Gasteiger partial charge on any atom is -0.378 e. The van der Waals surface area contributed by atoms with Gasteiger partial charge in [0.2, 0.25) is 0 Å². The van der Waals surface area contributed by atoms with E-state index in [0.717, 1.165) is 26.3 Å². The largest absolute Gasteiger partial charge is 0.378 e. The van der Waals surface area contributed by atoms with Gasteiger partial charge in [0.25, 0.3) is 0 Å². The summed E-state index contributed by atoms with van der Waals surface area (Å²) in [5.74, 6) is 0.00376. The minimum absolute atomic E-state index is 0.0526. The summed E-state index contributed by atoms with van der Waals surface area (Å²) in [7, 11) is 0. The predicted molar refractivity (Wildman–Crippen MR) is 47.3 cm³/mol. The minimum atomic E-state index is -0.0526. The maximum absolute atomic E-state index is 10.8. The van der Waals surface area contributed by atoms with Crippen molar-refractivity contribution in [1.29, 1.82) is 0 Å². The highest BCUT2D eigenvalue weighted by Gasteiger charge is 2.05. The lowest BCUT2D eigenvalue weighted by atomic mass is 10.4. The first kappa shape index (κ1) is 9.55. The number of nitrogens with zero attached hydrogens (tertiary/aromatic N) is 1. The number of hydrogen-bond donors (Lipinski definition) is 0. The number of morpholine rings is 1. The molecule has 1 saturated heterocycles. The maximum Gasteiger partial charge on any atom is 0.171 e. The van der Waals surface area contributed by atoms with Gasteiger partial charge in [-0.2, -0.15) is 0 Å². The van der Waals surface area contributed by atoms with Gasteiger partial charge in [-0.3, -0.25) is 4.79 Å². The Bertz CT molecular complexity index is 176. The lowest BCUT2D eigenvalue weighted by molar-refractivity contribution is -0.112. The molecule has 0 radical (unpaired) electrons. The first-order valence-electron chi connectivity index (χ1n) is 3.91. The van der Waals surface area contributed by atoms with Gasteiger partial charge < -0.3 is 9.64 Å². The van der Waals surface area contributed by atoms with Crippen molar-refractivity contribution in [3.05, 3.63) is 12.3 Å². The van der Waals surface area contributed by atoms with Crippen molar-refractivity contribution in [2.75, 3.05) is 32.2 Å². The molecular formula is C8H12ClNO2. The van der Waals surface area contributed by atoms with Gasteiger partial charge in [-0.15, -0.1) is 11.6 Å². The van der Waals surface area contributed by atoms with E-state index in [0.29, 0.717) is 0 Å². The number of carbonyl (C=O) groups excluding carboxylic acids is 1. The second kappa shape index (κ2) is 5.17. The second-order valence-electron chi connectivity index (χ2n) is 2.56. The molecule has 68 valence electrons. The molecule has 1 rings (SSSR count). The molecule has 0 aliphatic carbocycles. The van der Waals surface area contributed by atoms with Crippen molar-refractivity contribution < 1.29 is 9.53 Å². The molecule has 1 fully saturated rings. The van der Waals surface area contributed by atoms with Crippen LogP contribution >= 0.6 is 11.6 Å². The second-order valence-corrected chi connectivity index (χ2v) is 2.83. The smallest absolute Gasteiger partial charge is 0.171 e. The number of rotatable bonds is 3. The molecule has 0 amide bonds. The van der Waals surface area contributed by atoms with Gasteiger partial charge >= 0.3 is 0 Å². The lowest BCUT2D eigenvalue weighted by Crippen LogP contribution is -2.32. The number of allylic oxidation sites excluding steroid dienone is 1. The van der Waals surface area contributed by atoms with E-state index in [1.165, 1.54) is 6.08 Å². The highest BCUT2D eigenvalue weighted by molar-refractivity contribution is 6.29. The number of alkyl halides is 1. The van der Waals surface area contributed by atoms with E-state index in [1.54, 1.807) is 6.20 Å². The highest BCUT2D eigenvalue weighted by Crippen LogP contribution is 1.97. The fourth-order valence-electron chi connectivity index (χ4n) is 0.960. The molecule has 1 aliphatic heterocycles. The average molecular weight is 190 g/mol. The van der Waals surface area contributed by atoms with E-state index < -0.39 is 0 Å². The number of hydrogen-bond acceptors (Lipinski definition) is 3. The molecule has 1 aliphatic rings. The average Bonchev–Trinajstić information content (AvgIpc) is 2.16. The third kappa shape index (κ3) is 3.24. The molecule has 0 aromatic heterocycles. The van der Waals surface area contributed by atoms with Gasteiger partial charge in [-0.05, 0) is 6.08 Å². The number of halogens is 1. The third-order valence-corrected chi connectivity index (χ3v) is 1.91. The Balaban J connectivity index is 2.28. The van der Waals surface area contributed by atoms with E-state index >= 15 is 0 Å². The molecule has 0 bridgehead atoms. The topological polar surface area (TPSA) is 29.5 Å². The third-order valence-electron chi connectivity index (χ3n) is 1.65. The Morgan fingerprint density at radius 3 is 2.75 bits per heavy atom. The molecule has 0 aromatic carbocycles. The van der Waals surface area contributed by atoms with Gasteiger partial charge in [-0.1, -0.05) is 0 Å². The van der Waals surface area contributed by atoms with Crippen LogP contribution in [0.2, 0.25) is 0 Å². The molecule has 0 unspecified atom stereocenters. The van der Waals surface area contributed by atoms with Crippen LogP contribution in [-0.2, 0) is 9.53 Å². The summed E-state index contributed by atoms with van der Waals surface area (Å²) < 4.78 is 5.15. The Morgan fingerprint density at radius 2 is 2.17 bits per heavy atom. The van der Waals surface area contributed by atoms with E-state index in [1.807, 2.05) is 4.90 Å². The van der Waals surface area contributed by atoms with E-state index in [4.69, 9.17) is 16.3 Å². The summed E-state index contributed by atoms with van der Waals surface area (Å²) in [4.78, 5) is 12.8. The summed E-state index contributed by atoms with van der Waals surface area (Å²) in [6, 6.07) is 0. The first-order chi connectivity index (χ1) is 5.83. The summed E-state index contributed by atoms with van der Waals surface area (Å²) in [5.41, 5.74) is 0. The molecule has 3 nitrogen and oxygen atoms in total. The van der Waals surface area contributed by atoms with Crippen LogP contribution in [0.4, 0.5) is 0 Å². The van der Waals surface area contributed by atoms with E-state index in [2.05, 4.69) is 0 Å². The molecule has 0 aromatic rings. The molecule has 0 N–H and O–H groups in total. The van der Waals surface area contributed by atoms with Gasteiger partial charge in [0.15, 0.2) is 5.78 Å². The van der Waals surface area contributed by atoms with Crippen molar-refractivity contribution in [3.63, 3.8) is 0 Å². The molecule has 0 spiro atoms. The van der Waals surface area contributed by atoms with Crippen molar-refractivity contribution in [3.8, 4) is 0 Å². The summed E-state index contributed by atoms with van der Waals surface area (Å²) in [5, 5.41) is 0. The molecule has 4 heteroatoms. The highest BCUT2D eigenvalue weighted by atomic mass is 35.5. The van der Waals surface area contributed by atoms with E-state index in [9.17, 15) is 4.79 Å². The molecular weight excluding hydrogens is 178 g/mol. The normalized spacial score (nSPS) is 18.6. The Labute approximate surface area is 76.9 Å². The zero-order valence-corrected chi connectivity index (χ0v) is 7.59. The SMILES string of the molecule is O=C(/C=C/N1CCOCC1)CCl. The number of ether oxygens (including phenoxy) is 1. The molecule has 0 saturated carbocycles. The molecule has 0 atom stereocenters. The van der Waals surface area contributed by atoms with Crippen molar-refractivity contribution >= 4 is 17.4 Å². The zero-order valence-electron chi connectivity index (χ0n) is 6.83. The summed E-state index contributed by atoms with van der Waals surface area (Å²) >= 11 is 5.33. The van der Waals surface area contributed by atoms with Crippen LogP contribution in [0, 0.1) is 0 Å². The zero-order chi connectivity index (χ0) is 8.81. The Hall–Kier alpha value is -0.540. The lowest BCUT2D eigenvalue weighted by Gasteiger charge is -2.24. The van der Waals surface area contributed by atoms with Crippen LogP contribution in [0.25, 0.3) is 0 Å². The maximum atomic E-state index is 10.8.